The first-order chi connectivity index (χ1) is 11.7. The van der Waals surface area contributed by atoms with Gasteiger partial charge in [-0.1, -0.05) is 37.3 Å². The summed E-state index contributed by atoms with van der Waals surface area (Å²) in [6.07, 6.45) is 2.75. The standard InChI is InChI=1S/C21H27NO3/c1-7-11-17(23)21-16(8-2)20(21,6)14-12-9-10-13-15(14)22(21)18(24)25-19(3,4)5/h7-10,12-13,16-17,23H,1-2,11H2,3-6H3/t16-,17+,20-,21-/m0/s1. The number of carbonyl (C=O) groups is 1. The van der Waals surface area contributed by atoms with Gasteiger partial charge in [0.15, 0.2) is 0 Å². The number of para-hydroxylation sites is 1. The lowest BCUT2D eigenvalue weighted by Gasteiger charge is -2.35. The van der Waals surface area contributed by atoms with E-state index in [1.807, 2.05) is 51.1 Å². The summed E-state index contributed by atoms with van der Waals surface area (Å²) in [6, 6.07) is 7.81. The summed E-state index contributed by atoms with van der Waals surface area (Å²) in [7, 11) is 0. The van der Waals surface area contributed by atoms with Gasteiger partial charge in [-0.2, -0.15) is 0 Å². The van der Waals surface area contributed by atoms with Crippen LogP contribution >= 0.6 is 0 Å². The van der Waals surface area contributed by atoms with Crippen molar-refractivity contribution in [3.8, 4) is 0 Å². The molecular weight excluding hydrogens is 314 g/mol. The van der Waals surface area contributed by atoms with E-state index in [1.54, 1.807) is 11.0 Å². The van der Waals surface area contributed by atoms with Crippen LogP contribution in [0.3, 0.4) is 0 Å². The van der Waals surface area contributed by atoms with E-state index < -0.39 is 23.3 Å². The number of aliphatic hydroxyl groups is 1. The molecule has 0 spiro atoms. The molecule has 0 unspecified atom stereocenters. The molecule has 1 fully saturated rings. The van der Waals surface area contributed by atoms with Gasteiger partial charge in [-0.25, -0.2) is 4.79 Å². The fraction of sp³-hybridized carbons (Fsp3) is 0.476. The number of anilines is 1. The SMILES string of the molecule is C=CC[C@@H](O)[C@@]12[C@@H](C=C)[C@]1(C)c1ccccc1N2C(=O)OC(C)(C)C. The van der Waals surface area contributed by atoms with Crippen LogP contribution in [0.15, 0.2) is 49.6 Å². The van der Waals surface area contributed by atoms with Gasteiger partial charge in [0.2, 0.25) is 0 Å². The minimum Gasteiger partial charge on any atom is -0.443 e. The lowest BCUT2D eigenvalue weighted by molar-refractivity contribution is 0.0481. The van der Waals surface area contributed by atoms with E-state index in [-0.39, 0.29) is 11.3 Å². The molecule has 0 saturated heterocycles. The van der Waals surface area contributed by atoms with Gasteiger partial charge in [-0.3, -0.25) is 4.90 Å². The summed E-state index contributed by atoms with van der Waals surface area (Å²) in [4.78, 5) is 14.8. The molecule has 1 aromatic carbocycles. The zero-order chi connectivity index (χ0) is 18.6. The van der Waals surface area contributed by atoms with Crippen LogP contribution in [0.25, 0.3) is 0 Å². The van der Waals surface area contributed by atoms with Gasteiger partial charge in [0.05, 0.1) is 17.3 Å². The summed E-state index contributed by atoms with van der Waals surface area (Å²) in [5, 5.41) is 11.0. The molecule has 4 nitrogen and oxygen atoms in total. The van der Waals surface area contributed by atoms with Crippen LogP contribution in [-0.2, 0) is 10.2 Å². The third-order valence-corrected chi connectivity index (χ3v) is 5.63. The molecule has 0 bridgehead atoms. The Kier molecular flexibility index (Phi) is 3.88. The minimum atomic E-state index is -0.783. The lowest BCUT2D eigenvalue weighted by atomic mass is 9.91. The van der Waals surface area contributed by atoms with Gasteiger partial charge in [0.25, 0.3) is 0 Å². The number of ether oxygens (including phenoxy) is 1. The quantitative estimate of drug-likeness (QED) is 0.836. The minimum absolute atomic E-state index is 0.0441. The van der Waals surface area contributed by atoms with Crippen LogP contribution in [0.4, 0.5) is 10.5 Å². The Morgan fingerprint density at radius 2 is 2.04 bits per heavy atom. The Labute approximate surface area is 149 Å². The molecule has 4 heteroatoms. The van der Waals surface area contributed by atoms with E-state index in [4.69, 9.17) is 4.74 Å². The smallest absolute Gasteiger partial charge is 0.415 e. The summed E-state index contributed by atoms with van der Waals surface area (Å²) >= 11 is 0. The molecule has 2 aliphatic rings. The zero-order valence-electron chi connectivity index (χ0n) is 15.5. The lowest BCUT2D eigenvalue weighted by Crippen LogP contribution is -2.52. The van der Waals surface area contributed by atoms with Crippen molar-refractivity contribution in [1.82, 2.24) is 0 Å². The average Bonchev–Trinajstić information content (AvgIpc) is 2.97. The van der Waals surface area contributed by atoms with Crippen molar-refractivity contribution in [2.45, 2.75) is 56.8 Å². The van der Waals surface area contributed by atoms with Gasteiger partial charge in [-0.15, -0.1) is 13.2 Å². The Balaban J connectivity index is 2.17. The third-order valence-electron chi connectivity index (χ3n) is 5.63. The monoisotopic (exact) mass is 341 g/mol. The molecule has 4 atom stereocenters. The fourth-order valence-electron chi connectivity index (χ4n) is 4.74. The van der Waals surface area contributed by atoms with Crippen LogP contribution in [0.2, 0.25) is 0 Å². The van der Waals surface area contributed by atoms with Gasteiger partial charge in [-0.05, 0) is 38.8 Å². The average molecular weight is 341 g/mol. The van der Waals surface area contributed by atoms with Gasteiger partial charge in [0.1, 0.15) is 5.60 Å². The van der Waals surface area contributed by atoms with E-state index >= 15 is 0 Å². The molecule has 1 N–H and O–H groups in total. The largest absolute Gasteiger partial charge is 0.443 e. The molecule has 1 aromatic rings. The van der Waals surface area contributed by atoms with Crippen LogP contribution in [0.1, 0.15) is 39.7 Å². The third kappa shape index (κ3) is 2.13. The highest BCUT2D eigenvalue weighted by atomic mass is 16.6. The van der Waals surface area contributed by atoms with E-state index in [1.165, 1.54) is 0 Å². The number of rotatable bonds is 4. The normalized spacial score (nSPS) is 30.9. The first-order valence-electron chi connectivity index (χ1n) is 8.70. The Morgan fingerprint density at radius 1 is 1.40 bits per heavy atom. The number of aliphatic hydroxyl groups excluding tert-OH is 1. The number of carbonyl (C=O) groups excluding carboxylic acids is 1. The Hall–Kier alpha value is -2.07. The fourth-order valence-corrected chi connectivity index (χ4v) is 4.74. The number of benzene rings is 1. The predicted octanol–water partition coefficient (Wildman–Crippen LogP) is 4.19. The van der Waals surface area contributed by atoms with Crippen LogP contribution < -0.4 is 4.90 Å². The number of fused-ring (bicyclic) bond motifs is 3. The Morgan fingerprint density at radius 3 is 2.60 bits per heavy atom. The summed E-state index contributed by atoms with van der Waals surface area (Å²) < 4.78 is 5.68. The highest BCUT2D eigenvalue weighted by molar-refractivity contribution is 5.97. The molecule has 25 heavy (non-hydrogen) atoms. The molecule has 3 rings (SSSR count). The van der Waals surface area contributed by atoms with Gasteiger partial charge >= 0.3 is 6.09 Å². The maximum Gasteiger partial charge on any atom is 0.415 e. The van der Waals surface area contributed by atoms with Crippen LogP contribution in [0.5, 0.6) is 0 Å². The Bertz CT molecular complexity index is 735. The summed E-state index contributed by atoms with van der Waals surface area (Å²) in [5.41, 5.74) is 0.0719. The van der Waals surface area contributed by atoms with Crippen molar-refractivity contribution in [2.24, 2.45) is 5.92 Å². The van der Waals surface area contributed by atoms with E-state index in [2.05, 4.69) is 20.1 Å². The summed E-state index contributed by atoms with van der Waals surface area (Å²) in [5.74, 6) is -0.0441. The van der Waals surface area contributed by atoms with Crippen molar-refractivity contribution >= 4 is 11.8 Å². The van der Waals surface area contributed by atoms with Crippen molar-refractivity contribution in [2.75, 3.05) is 4.90 Å². The number of amides is 1. The van der Waals surface area contributed by atoms with Gasteiger partial charge < -0.3 is 9.84 Å². The molecule has 0 aromatic heterocycles. The molecular formula is C21H27NO3. The van der Waals surface area contributed by atoms with E-state index in [9.17, 15) is 9.90 Å². The molecule has 134 valence electrons. The maximum atomic E-state index is 13.1. The second-order valence-corrected chi connectivity index (χ2v) is 8.11. The molecule has 0 radical (unpaired) electrons. The second kappa shape index (κ2) is 5.46. The molecule has 1 aliphatic carbocycles. The van der Waals surface area contributed by atoms with E-state index in [0.717, 1.165) is 11.3 Å². The van der Waals surface area contributed by atoms with Crippen molar-refractivity contribution in [3.63, 3.8) is 0 Å². The zero-order valence-corrected chi connectivity index (χ0v) is 15.5. The van der Waals surface area contributed by atoms with Crippen molar-refractivity contribution in [1.29, 1.82) is 0 Å². The highest BCUT2D eigenvalue weighted by Crippen LogP contribution is 2.74. The van der Waals surface area contributed by atoms with Crippen LogP contribution in [0, 0.1) is 5.92 Å². The van der Waals surface area contributed by atoms with E-state index in [0.29, 0.717) is 6.42 Å². The predicted molar refractivity (Wildman–Crippen MR) is 99.7 cm³/mol. The van der Waals surface area contributed by atoms with Crippen molar-refractivity contribution < 1.29 is 14.6 Å². The molecule has 1 saturated carbocycles. The highest BCUT2D eigenvalue weighted by Gasteiger charge is 2.84. The first kappa shape index (κ1) is 17.7. The topological polar surface area (TPSA) is 49.8 Å². The molecule has 1 amide bonds. The van der Waals surface area contributed by atoms with Gasteiger partial charge in [0, 0.05) is 11.3 Å². The van der Waals surface area contributed by atoms with Crippen molar-refractivity contribution in [3.05, 3.63) is 55.1 Å². The number of hydrogen-bond donors (Lipinski definition) is 1. The second-order valence-electron chi connectivity index (χ2n) is 8.11. The first-order valence-corrected chi connectivity index (χ1v) is 8.70. The van der Waals surface area contributed by atoms with Crippen LogP contribution in [-0.4, -0.2) is 28.4 Å². The summed E-state index contributed by atoms with van der Waals surface area (Å²) in [6.45, 7) is 15.3. The molecule has 1 heterocycles. The maximum absolute atomic E-state index is 13.1. The molecule has 1 aliphatic heterocycles. The number of hydrogen-bond acceptors (Lipinski definition) is 3. The number of nitrogens with zero attached hydrogens (tertiary/aromatic N) is 1.